The van der Waals surface area contributed by atoms with E-state index in [9.17, 15) is 8.42 Å². The minimum atomic E-state index is -3.52. The lowest BCUT2D eigenvalue weighted by Gasteiger charge is -2.30. The predicted molar refractivity (Wildman–Crippen MR) is 82.1 cm³/mol. The lowest BCUT2D eigenvalue weighted by Crippen LogP contribution is -2.42. The number of rotatable bonds is 4. The van der Waals surface area contributed by atoms with Crippen LogP contribution in [0, 0.1) is 12.8 Å². The third kappa shape index (κ3) is 3.63. The first-order valence-corrected chi connectivity index (χ1v) is 8.48. The first-order valence-electron chi connectivity index (χ1n) is 6.66. The number of anilines is 1. The highest BCUT2D eigenvalue weighted by Gasteiger charge is 2.27. The van der Waals surface area contributed by atoms with E-state index in [0.717, 1.165) is 18.4 Å². The summed E-state index contributed by atoms with van der Waals surface area (Å²) in [5, 5.41) is 0.509. The molecule has 112 valence electrons. The molecule has 0 bridgehead atoms. The number of hydrogen-bond acceptors (Lipinski definition) is 3. The van der Waals surface area contributed by atoms with Gasteiger partial charge in [-0.25, -0.2) is 0 Å². The first kappa shape index (κ1) is 15.6. The minimum absolute atomic E-state index is 0.425. The van der Waals surface area contributed by atoms with Crippen molar-refractivity contribution >= 4 is 27.5 Å². The predicted octanol–water partition coefficient (Wildman–Crippen LogP) is 1.98. The molecule has 1 fully saturated rings. The van der Waals surface area contributed by atoms with Crippen LogP contribution in [0.4, 0.5) is 5.69 Å². The number of aryl methyl sites for hydroxylation is 1. The standard InChI is InChI=1S/C13H20ClN3O2S/c1-10-2-3-12(14)8-13(10)16-20(18,19)17-6-4-11(9-15)5-7-17/h2-3,8,11,16H,4-7,9,15H2,1H3. The summed E-state index contributed by atoms with van der Waals surface area (Å²) in [6.07, 6.45) is 1.62. The number of nitrogens with zero attached hydrogens (tertiary/aromatic N) is 1. The monoisotopic (exact) mass is 317 g/mol. The number of benzene rings is 1. The zero-order valence-corrected chi connectivity index (χ0v) is 13.0. The fourth-order valence-corrected chi connectivity index (χ4v) is 3.78. The van der Waals surface area contributed by atoms with Crippen LogP contribution in [0.15, 0.2) is 18.2 Å². The van der Waals surface area contributed by atoms with E-state index in [1.807, 2.05) is 6.92 Å². The summed E-state index contributed by atoms with van der Waals surface area (Å²) in [5.41, 5.74) is 6.99. The maximum Gasteiger partial charge on any atom is 0.301 e. The fourth-order valence-electron chi connectivity index (χ4n) is 2.29. The minimum Gasteiger partial charge on any atom is -0.330 e. The van der Waals surface area contributed by atoms with Gasteiger partial charge in [-0.2, -0.15) is 12.7 Å². The lowest BCUT2D eigenvalue weighted by molar-refractivity contribution is 0.280. The average molecular weight is 318 g/mol. The molecule has 2 rings (SSSR count). The molecule has 3 N–H and O–H groups in total. The van der Waals surface area contributed by atoms with Gasteiger partial charge in [0, 0.05) is 18.1 Å². The van der Waals surface area contributed by atoms with E-state index < -0.39 is 10.2 Å². The van der Waals surface area contributed by atoms with Gasteiger partial charge < -0.3 is 5.73 Å². The quantitative estimate of drug-likeness (QED) is 0.891. The molecule has 0 spiro atoms. The van der Waals surface area contributed by atoms with Gasteiger partial charge in [-0.05, 0) is 49.9 Å². The van der Waals surface area contributed by atoms with Gasteiger partial charge in [0.25, 0.3) is 0 Å². The van der Waals surface area contributed by atoms with Gasteiger partial charge in [0.05, 0.1) is 5.69 Å². The van der Waals surface area contributed by atoms with E-state index in [0.29, 0.717) is 36.3 Å². The van der Waals surface area contributed by atoms with Crippen molar-refractivity contribution in [1.29, 1.82) is 0 Å². The number of halogens is 1. The molecule has 0 amide bonds. The summed E-state index contributed by atoms with van der Waals surface area (Å²) in [6, 6.07) is 5.16. The van der Waals surface area contributed by atoms with Crippen LogP contribution >= 0.6 is 11.6 Å². The van der Waals surface area contributed by atoms with Gasteiger partial charge in [-0.3, -0.25) is 4.72 Å². The molecule has 1 saturated heterocycles. The van der Waals surface area contributed by atoms with Crippen molar-refractivity contribution < 1.29 is 8.42 Å². The second-order valence-corrected chi connectivity index (χ2v) is 7.25. The Hall–Kier alpha value is -0.820. The average Bonchev–Trinajstić information content (AvgIpc) is 2.43. The molecule has 1 aromatic carbocycles. The largest absolute Gasteiger partial charge is 0.330 e. The number of piperidine rings is 1. The van der Waals surface area contributed by atoms with Gasteiger partial charge in [-0.15, -0.1) is 0 Å². The number of nitrogens with one attached hydrogen (secondary N) is 1. The van der Waals surface area contributed by atoms with E-state index in [-0.39, 0.29) is 0 Å². The molecule has 7 heteroatoms. The second kappa shape index (κ2) is 6.30. The molecular formula is C13H20ClN3O2S. The van der Waals surface area contributed by atoms with Crippen LogP contribution in [0.1, 0.15) is 18.4 Å². The first-order chi connectivity index (χ1) is 9.42. The highest BCUT2D eigenvalue weighted by molar-refractivity contribution is 7.90. The molecule has 1 aliphatic rings. The molecule has 0 atom stereocenters. The van der Waals surface area contributed by atoms with E-state index in [4.69, 9.17) is 17.3 Å². The highest BCUT2D eigenvalue weighted by atomic mass is 35.5. The molecule has 0 unspecified atom stereocenters. The topological polar surface area (TPSA) is 75.4 Å². The molecule has 1 aliphatic heterocycles. The maximum atomic E-state index is 12.4. The van der Waals surface area contributed by atoms with E-state index >= 15 is 0 Å². The Balaban J connectivity index is 2.10. The molecule has 1 aromatic rings. The van der Waals surface area contributed by atoms with Gasteiger partial charge in [0.15, 0.2) is 0 Å². The molecule has 0 aromatic heterocycles. The molecule has 20 heavy (non-hydrogen) atoms. The van der Waals surface area contributed by atoms with Crippen LogP contribution in [0.2, 0.25) is 5.02 Å². The number of hydrogen-bond donors (Lipinski definition) is 2. The van der Waals surface area contributed by atoms with Crippen molar-refractivity contribution in [2.75, 3.05) is 24.4 Å². The van der Waals surface area contributed by atoms with E-state index in [1.165, 1.54) is 4.31 Å². The third-order valence-electron chi connectivity index (χ3n) is 3.69. The smallest absolute Gasteiger partial charge is 0.301 e. The van der Waals surface area contributed by atoms with Crippen LogP contribution < -0.4 is 10.5 Å². The molecule has 0 aliphatic carbocycles. The summed E-state index contributed by atoms with van der Waals surface area (Å²) in [6.45, 7) is 3.48. The van der Waals surface area contributed by atoms with Crippen molar-refractivity contribution in [2.24, 2.45) is 11.7 Å². The van der Waals surface area contributed by atoms with Crippen LogP contribution in [0.25, 0.3) is 0 Å². The normalized spacial score (nSPS) is 18.1. The van der Waals surface area contributed by atoms with Gasteiger partial charge in [0.1, 0.15) is 0 Å². The molecule has 0 radical (unpaired) electrons. The summed E-state index contributed by atoms with van der Waals surface area (Å²) in [5.74, 6) is 0.425. The van der Waals surface area contributed by atoms with Gasteiger partial charge >= 0.3 is 10.2 Å². The number of nitrogens with two attached hydrogens (primary N) is 1. The SMILES string of the molecule is Cc1ccc(Cl)cc1NS(=O)(=O)N1CCC(CN)CC1. The Bertz CT molecular complexity index is 569. The summed E-state index contributed by atoms with van der Waals surface area (Å²) >= 11 is 5.91. The Kier molecular flexibility index (Phi) is 4.90. The van der Waals surface area contributed by atoms with Gasteiger partial charge in [-0.1, -0.05) is 17.7 Å². The zero-order chi connectivity index (χ0) is 14.8. The van der Waals surface area contributed by atoms with Crippen molar-refractivity contribution in [1.82, 2.24) is 4.31 Å². The van der Waals surface area contributed by atoms with Crippen LogP contribution in [-0.4, -0.2) is 32.4 Å². The Morgan fingerprint density at radius 3 is 2.65 bits per heavy atom. The Morgan fingerprint density at radius 1 is 1.40 bits per heavy atom. The molecule has 5 nitrogen and oxygen atoms in total. The Labute approximate surface area is 125 Å². The van der Waals surface area contributed by atoms with E-state index in [2.05, 4.69) is 4.72 Å². The summed E-state index contributed by atoms with van der Waals surface area (Å²) in [4.78, 5) is 0. The third-order valence-corrected chi connectivity index (χ3v) is 5.44. The zero-order valence-electron chi connectivity index (χ0n) is 11.5. The fraction of sp³-hybridized carbons (Fsp3) is 0.538. The van der Waals surface area contributed by atoms with Crippen LogP contribution in [0.3, 0.4) is 0 Å². The summed E-state index contributed by atoms with van der Waals surface area (Å²) < 4.78 is 28.8. The molecular weight excluding hydrogens is 298 g/mol. The summed E-state index contributed by atoms with van der Waals surface area (Å²) in [7, 11) is -3.52. The van der Waals surface area contributed by atoms with Crippen molar-refractivity contribution in [3.63, 3.8) is 0 Å². The Morgan fingerprint density at radius 2 is 2.05 bits per heavy atom. The van der Waals surface area contributed by atoms with Crippen LogP contribution in [0.5, 0.6) is 0 Å². The van der Waals surface area contributed by atoms with Gasteiger partial charge in [0.2, 0.25) is 0 Å². The molecule has 1 heterocycles. The lowest BCUT2D eigenvalue weighted by atomic mass is 9.99. The maximum absolute atomic E-state index is 12.4. The molecule has 0 saturated carbocycles. The van der Waals surface area contributed by atoms with E-state index in [1.54, 1.807) is 18.2 Å². The van der Waals surface area contributed by atoms with Crippen LogP contribution in [-0.2, 0) is 10.2 Å². The van der Waals surface area contributed by atoms with Crippen molar-refractivity contribution in [3.8, 4) is 0 Å². The van der Waals surface area contributed by atoms with Crippen molar-refractivity contribution in [2.45, 2.75) is 19.8 Å². The van der Waals surface area contributed by atoms with Crippen molar-refractivity contribution in [3.05, 3.63) is 28.8 Å². The second-order valence-electron chi connectivity index (χ2n) is 5.14. The highest BCUT2D eigenvalue weighted by Crippen LogP contribution is 2.24.